The standard InChI is InChI=1S/C28H39N3O5/c1-8-13-31(26(34)23(17-32)30-27(35)36-28(5,6)7)24(21-15-18(2)14-19(3)16-21)25(33)29-22-12-10-9-11-20(22)4/h9-12,14-16,23-24,32H,8,13,17H2,1-7H3,(H,29,33)(H,30,35). The second-order valence-electron chi connectivity index (χ2n) is 10.0. The van der Waals surface area contributed by atoms with Gasteiger partial charge in [-0.25, -0.2) is 4.79 Å². The number of nitrogens with zero attached hydrogens (tertiary/aromatic N) is 1. The number of aliphatic hydroxyl groups is 1. The summed E-state index contributed by atoms with van der Waals surface area (Å²) in [5.74, 6) is -0.959. The zero-order valence-corrected chi connectivity index (χ0v) is 22.3. The van der Waals surface area contributed by atoms with Crippen LogP contribution in [0.3, 0.4) is 0 Å². The molecule has 0 aliphatic heterocycles. The summed E-state index contributed by atoms with van der Waals surface area (Å²) < 4.78 is 5.26. The van der Waals surface area contributed by atoms with E-state index in [4.69, 9.17) is 4.74 Å². The Morgan fingerprint density at radius 1 is 1.03 bits per heavy atom. The Kier molecular flexibility index (Phi) is 10.0. The molecule has 0 aromatic heterocycles. The molecular weight excluding hydrogens is 458 g/mol. The number of alkyl carbamates (subject to hydrolysis) is 1. The molecule has 3 N–H and O–H groups in total. The molecule has 8 nitrogen and oxygen atoms in total. The summed E-state index contributed by atoms with van der Waals surface area (Å²) in [6.45, 7) is 12.4. The highest BCUT2D eigenvalue weighted by atomic mass is 16.6. The van der Waals surface area contributed by atoms with Gasteiger partial charge in [-0.2, -0.15) is 0 Å². The molecule has 2 atom stereocenters. The van der Waals surface area contributed by atoms with Crippen molar-refractivity contribution in [1.82, 2.24) is 10.2 Å². The number of ether oxygens (including phenoxy) is 1. The van der Waals surface area contributed by atoms with Gasteiger partial charge in [0.2, 0.25) is 5.91 Å². The smallest absolute Gasteiger partial charge is 0.408 e. The summed E-state index contributed by atoms with van der Waals surface area (Å²) in [6.07, 6.45) is -0.256. The average molecular weight is 498 g/mol. The third-order valence-corrected chi connectivity index (χ3v) is 5.44. The Morgan fingerprint density at radius 3 is 2.17 bits per heavy atom. The number of para-hydroxylation sites is 1. The number of hydrogen-bond acceptors (Lipinski definition) is 5. The first-order valence-electron chi connectivity index (χ1n) is 12.2. The molecule has 0 fully saturated rings. The normalized spacial score (nSPS) is 12.9. The lowest BCUT2D eigenvalue weighted by Gasteiger charge is -2.34. The lowest BCUT2D eigenvalue weighted by Crippen LogP contribution is -2.54. The molecule has 0 bridgehead atoms. The summed E-state index contributed by atoms with van der Waals surface area (Å²) in [6, 6.07) is 10.9. The van der Waals surface area contributed by atoms with Crippen molar-refractivity contribution in [3.8, 4) is 0 Å². The van der Waals surface area contributed by atoms with Gasteiger partial charge < -0.3 is 25.4 Å². The summed E-state index contributed by atoms with van der Waals surface area (Å²) in [5.41, 5.74) is 3.31. The van der Waals surface area contributed by atoms with Gasteiger partial charge in [-0.15, -0.1) is 0 Å². The number of carbonyl (C=O) groups excluding carboxylic acids is 3. The number of aryl methyl sites for hydroxylation is 3. The topological polar surface area (TPSA) is 108 Å². The number of rotatable bonds is 9. The lowest BCUT2D eigenvalue weighted by atomic mass is 9.98. The predicted molar refractivity (Wildman–Crippen MR) is 141 cm³/mol. The van der Waals surface area contributed by atoms with Gasteiger partial charge in [-0.3, -0.25) is 9.59 Å². The van der Waals surface area contributed by atoms with Crippen LogP contribution in [0.25, 0.3) is 0 Å². The van der Waals surface area contributed by atoms with E-state index in [9.17, 15) is 19.5 Å². The monoisotopic (exact) mass is 497 g/mol. The highest BCUT2D eigenvalue weighted by Crippen LogP contribution is 2.27. The first kappa shape index (κ1) is 28.8. The quantitative estimate of drug-likeness (QED) is 0.475. The average Bonchev–Trinajstić information content (AvgIpc) is 2.76. The maximum absolute atomic E-state index is 13.7. The fourth-order valence-electron chi connectivity index (χ4n) is 4.00. The third-order valence-electron chi connectivity index (χ3n) is 5.44. The molecule has 2 unspecified atom stereocenters. The van der Waals surface area contributed by atoms with Crippen molar-refractivity contribution in [3.05, 3.63) is 64.7 Å². The lowest BCUT2D eigenvalue weighted by molar-refractivity contribution is -0.141. The van der Waals surface area contributed by atoms with Gasteiger partial charge in [-0.05, 0) is 65.2 Å². The van der Waals surface area contributed by atoms with Gasteiger partial charge in [-0.1, -0.05) is 54.4 Å². The van der Waals surface area contributed by atoms with E-state index in [1.165, 1.54) is 4.90 Å². The van der Waals surface area contributed by atoms with Crippen LogP contribution in [0.1, 0.15) is 62.4 Å². The largest absolute Gasteiger partial charge is 0.444 e. The van der Waals surface area contributed by atoms with E-state index < -0.39 is 36.3 Å². The number of benzene rings is 2. The van der Waals surface area contributed by atoms with Crippen LogP contribution in [-0.2, 0) is 14.3 Å². The molecule has 2 aromatic carbocycles. The van der Waals surface area contributed by atoms with E-state index in [-0.39, 0.29) is 12.5 Å². The van der Waals surface area contributed by atoms with Crippen LogP contribution in [0.15, 0.2) is 42.5 Å². The number of anilines is 1. The molecule has 2 aromatic rings. The maximum Gasteiger partial charge on any atom is 0.408 e. The molecule has 3 amide bonds. The highest BCUT2D eigenvalue weighted by molar-refractivity contribution is 5.99. The van der Waals surface area contributed by atoms with E-state index >= 15 is 0 Å². The fourth-order valence-corrected chi connectivity index (χ4v) is 4.00. The minimum Gasteiger partial charge on any atom is -0.444 e. The zero-order chi connectivity index (χ0) is 27.0. The van der Waals surface area contributed by atoms with Crippen LogP contribution in [0.5, 0.6) is 0 Å². The number of aliphatic hydroxyl groups excluding tert-OH is 1. The second kappa shape index (κ2) is 12.5. The molecule has 8 heteroatoms. The molecule has 36 heavy (non-hydrogen) atoms. The Bertz CT molecular complexity index is 1060. The van der Waals surface area contributed by atoms with Gasteiger partial charge in [0.25, 0.3) is 5.91 Å². The molecule has 0 aliphatic rings. The molecule has 0 saturated carbocycles. The van der Waals surface area contributed by atoms with E-state index in [1.807, 2.05) is 64.1 Å². The van der Waals surface area contributed by atoms with Crippen molar-refractivity contribution in [2.45, 2.75) is 72.6 Å². The molecule has 196 valence electrons. The molecule has 0 spiro atoms. The maximum atomic E-state index is 13.7. The van der Waals surface area contributed by atoms with E-state index in [0.717, 1.165) is 16.7 Å². The van der Waals surface area contributed by atoms with Crippen LogP contribution in [-0.4, -0.2) is 52.7 Å². The SMILES string of the molecule is CCCN(C(=O)C(CO)NC(=O)OC(C)(C)C)C(C(=O)Nc1ccccc1C)c1cc(C)cc(C)c1. The van der Waals surface area contributed by atoms with E-state index in [1.54, 1.807) is 26.8 Å². The number of carbonyl (C=O) groups is 3. The third kappa shape index (κ3) is 8.09. The van der Waals surface area contributed by atoms with Crippen LogP contribution in [0.4, 0.5) is 10.5 Å². The van der Waals surface area contributed by atoms with E-state index in [2.05, 4.69) is 10.6 Å². The van der Waals surface area contributed by atoms with Crippen LogP contribution in [0, 0.1) is 20.8 Å². The summed E-state index contributed by atoms with van der Waals surface area (Å²) >= 11 is 0. The summed E-state index contributed by atoms with van der Waals surface area (Å²) in [4.78, 5) is 41.2. The number of amides is 3. The molecule has 0 aliphatic carbocycles. The van der Waals surface area contributed by atoms with Crippen LogP contribution in [0.2, 0.25) is 0 Å². The first-order chi connectivity index (χ1) is 16.9. The van der Waals surface area contributed by atoms with Crippen molar-refractivity contribution in [2.75, 3.05) is 18.5 Å². The Hall–Kier alpha value is -3.39. The van der Waals surface area contributed by atoms with Crippen molar-refractivity contribution in [2.24, 2.45) is 0 Å². The molecule has 0 heterocycles. The molecule has 0 radical (unpaired) electrons. The predicted octanol–water partition coefficient (Wildman–Crippen LogP) is 4.42. The van der Waals surface area contributed by atoms with Crippen molar-refractivity contribution in [3.63, 3.8) is 0 Å². The second-order valence-corrected chi connectivity index (χ2v) is 10.0. The zero-order valence-electron chi connectivity index (χ0n) is 22.3. The molecule has 0 saturated heterocycles. The number of hydrogen-bond donors (Lipinski definition) is 3. The Morgan fingerprint density at radius 2 is 1.64 bits per heavy atom. The minimum absolute atomic E-state index is 0.240. The summed E-state index contributed by atoms with van der Waals surface area (Å²) in [7, 11) is 0. The number of nitrogens with one attached hydrogen (secondary N) is 2. The van der Waals surface area contributed by atoms with Crippen molar-refractivity contribution >= 4 is 23.6 Å². The summed E-state index contributed by atoms with van der Waals surface area (Å²) in [5, 5.41) is 15.4. The minimum atomic E-state index is -1.27. The Balaban J connectivity index is 2.49. The van der Waals surface area contributed by atoms with Crippen LogP contribution >= 0.6 is 0 Å². The fraction of sp³-hybridized carbons (Fsp3) is 0.464. The van der Waals surface area contributed by atoms with Gasteiger partial charge in [0.1, 0.15) is 17.7 Å². The van der Waals surface area contributed by atoms with Crippen molar-refractivity contribution < 1.29 is 24.2 Å². The van der Waals surface area contributed by atoms with Gasteiger partial charge in [0.05, 0.1) is 6.61 Å². The van der Waals surface area contributed by atoms with Gasteiger partial charge in [0, 0.05) is 12.2 Å². The van der Waals surface area contributed by atoms with Crippen molar-refractivity contribution in [1.29, 1.82) is 0 Å². The Labute approximate surface area is 214 Å². The van der Waals surface area contributed by atoms with E-state index in [0.29, 0.717) is 17.7 Å². The first-order valence-corrected chi connectivity index (χ1v) is 12.2. The molecule has 2 rings (SSSR count). The molecular formula is C28H39N3O5. The van der Waals surface area contributed by atoms with Gasteiger partial charge in [0.15, 0.2) is 0 Å². The highest BCUT2D eigenvalue weighted by Gasteiger charge is 2.36. The van der Waals surface area contributed by atoms with Crippen LogP contribution < -0.4 is 10.6 Å². The van der Waals surface area contributed by atoms with Gasteiger partial charge >= 0.3 is 6.09 Å².